The maximum Gasteiger partial charge on any atom is 0.183 e. The first kappa shape index (κ1) is 11.4. The van der Waals surface area contributed by atoms with Crippen molar-refractivity contribution < 1.29 is 0 Å². The third-order valence-electron chi connectivity index (χ3n) is 2.31. The van der Waals surface area contributed by atoms with Crippen LogP contribution < -0.4 is 5.73 Å². The van der Waals surface area contributed by atoms with Crippen molar-refractivity contribution in [2.45, 2.75) is 19.8 Å². The van der Waals surface area contributed by atoms with Crippen LogP contribution in [0, 0.1) is 3.57 Å². The lowest BCUT2D eigenvalue weighted by Gasteiger charge is -2.01. The molecule has 0 aliphatic heterocycles. The average Bonchev–Trinajstić information content (AvgIpc) is 2.70. The van der Waals surface area contributed by atoms with E-state index in [1.165, 1.54) is 0 Å². The minimum absolute atomic E-state index is 0.338. The summed E-state index contributed by atoms with van der Waals surface area (Å²) in [5.74, 6) is 1.89. The smallest absolute Gasteiger partial charge is 0.183 e. The van der Waals surface area contributed by atoms with Gasteiger partial charge in [-0.1, -0.05) is 13.8 Å². The van der Waals surface area contributed by atoms with Crippen molar-refractivity contribution in [2.24, 2.45) is 0 Å². The van der Waals surface area contributed by atoms with E-state index in [0.717, 1.165) is 15.0 Å². The molecule has 0 amide bonds. The van der Waals surface area contributed by atoms with Crippen LogP contribution in [0.3, 0.4) is 0 Å². The van der Waals surface area contributed by atoms with Gasteiger partial charge in [0, 0.05) is 20.7 Å². The Kier molecular flexibility index (Phi) is 3.13. The molecular formula is C11H13IN4. The third-order valence-corrected chi connectivity index (χ3v) is 2.98. The van der Waals surface area contributed by atoms with Crippen LogP contribution in [-0.2, 0) is 0 Å². The summed E-state index contributed by atoms with van der Waals surface area (Å²) >= 11 is 2.25. The minimum atomic E-state index is 0.338. The molecule has 3 N–H and O–H groups in total. The predicted octanol–water partition coefficient (Wildman–Crippen LogP) is 2.78. The molecular weight excluding hydrogens is 315 g/mol. The second-order valence-electron chi connectivity index (χ2n) is 3.93. The van der Waals surface area contributed by atoms with Crippen molar-refractivity contribution in [2.75, 3.05) is 5.73 Å². The zero-order valence-electron chi connectivity index (χ0n) is 9.16. The van der Waals surface area contributed by atoms with Crippen LogP contribution in [0.25, 0.3) is 11.4 Å². The molecule has 4 nitrogen and oxygen atoms in total. The molecule has 2 aromatic rings. The summed E-state index contributed by atoms with van der Waals surface area (Å²) in [6, 6.07) is 5.83. The molecule has 84 valence electrons. The van der Waals surface area contributed by atoms with Crippen LogP contribution in [0.4, 0.5) is 5.69 Å². The summed E-state index contributed by atoms with van der Waals surface area (Å²) in [4.78, 5) is 4.43. The summed E-state index contributed by atoms with van der Waals surface area (Å²) in [6.45, 7) is 4.14. The molecule has 1 aromatic carbocycles. The molecule has 0 spiro atoms. The van der Waals surface area contributed by atoms with Crippen molar-refractivity contribution >= 4 is 28.3 Å². The number of aromatic amines is 1. The topological polar surface area (TPSA) is 67.6 Å². The lowest BCUT2D eigenvalue weighted by molar-refractivity contribution is 0.781. The van der Waals surface area contributed by atoms with Gasteiger partial charge in [-0.3, -0.25) is 5.10 Å². The minimum Gasteiger partial charge on any atom is -0.398 e. The summed E-state index contributed by atoms with van der Waals surface area (Å²) < 4.78 is 1.12. The van der Waals surface area contributed by atoms with Gasteiger partial charge in [0.25, 0.3) is 0 Å². The molecule has 0 bridgehead atoms. The van der Waals surface area contributed by atoms with Gasteiger partial charge in [0.05, 0.1) is 0 Å². The monoisotopic (exact) mass is 328 g/mol. The SMILES string of the molecule is CC(C)c1nc(-c2cc(I)ccc2N)n[nH]1. The van der Waals surface area contributed by atoms with Gasteiger partial charge < -0.3 is 5.73 Å². The van der Waals surface area contributed by atoms with Crippen LogP contribution in [0.15, 0.2) is 18.2 Å². The van der Waals surface area contributed by atoms with Crippen molar-refractivity contribution in [3.8, 4) is 11.4 Å². The first-order chi connectivity index (χ1) is 7.58. The van der Waals surface area contributed by atoms with Crippen molar-refractivity contribution in [3.05, 3.63) is 27.6 Å². The standard InChI is InChI=1S/C11H13IN4/c1-6(2)10-14-11(16-15-10)8-5-7(12)3-4-9(8)13/h3-6H,13H2,1-2H3,(H,14,15,16). The van der Waals surface area contributed by atoms with E-state index < -0.39 is 0 Å². The quantitative estimate of drug-likeness (QED) is 0.658. The van der Waals surface area contributed by atoms with Gasteiger partial charge >= 0.3 is 0 Å². The number of anilines is 1. The molecule has 0 unspecified atom stereocenters. The number of hydrogen-bond donors (Lipinski definition) is 2. The molecule has 1 aromatic heterocycles. The first-order valence-electron chi connectivity index (χ1n) is 5.05. The highest BCUT2D eigenvalue weighted by molar-refractivity contribution is 14.1. The van der Waals surface area contributed by atoms with Crippen LogP contribution in [0.1, 0.15) is 25.6 Å². The van der Waals surface area contributed by atoms with Crippen LogP contribution >= 0.6 is 22.6 Å². The molecule has 0 aliphatic carbocycles. The largest absolute Gasteiger partial charge is 0.398 e. The molecule has 2 rings (SSSR count). The fourth-order valence-corrected chi connectivity index (χ4v) is 1.87. The second kappa shape index (κ2) is 4.40. The highest BCUT2D eigenvalue weighted by Crippen LogP contribution is 2.25. The first-order valence-corrected chi connectivity index (χ1v) is 6.13. The lowest BCUT2D eigenvalue weighted by Crippen LogP contribution is -1.93. The van der Waals surface area contributed by atoms with E-state index in [9.17, 15) is 0 Å². The van der Waals surface area contributed by atoms with Gasteiger partial charge in [-0.2, -0.15) is 5.10 Å². The van der Waals surface area contributed by atoms with Crippen molar-refractivity contribution in [1.29, 1.82) is 0 Å². The number of nitrogens with zero attached hydrogens (tertiary/aromatic N) is 2. The van der Waals surface area contributed by atoms with E-state index in [2.05, 4.69) is 51.6 Å². The maximum absolute atomic E-state index is 5.91. The Labute approximate surface area is 108 Å². The number of halogens is 1. The number of hydrogen-bond acceptors (Lipinski definition) is 3. The summed E-state index contributed by atoms with van der Waals surface area (Å²) in [5.41, 5.74) is 7.50. The van der Waals surface area contributed by atoms with Gasteiger partial charge in [-0.05, 0) is 40.8 Å². The fraction of sp³-hybridized carbons (Fsp3) is 0.273. The Bertz CT molecular complexity index is 504. The normalized spacial score (nSPS) is 11.0. The van der Waals surface area contributed by atoms with Crippen LogP contribution in [0.5, 0.6) is 0 Å². The zero-order valence-corrected chi connectivity index (χ0v) is 11.3. The second-order valence-corrected chi connectivity index (χ2v) is 5.18. The van der Waals surface area contributed by atoms with E-state index in [1.807, 2.05) is 18.2 Å². The Hall–Kier alpha value is -1.11. The van der Waals surface area contributed by atoms with Gasteiger partial charge in [-0.25, -0.2) is 4.98 Å². The number of H-pyrrole nitrogens is 1. The molecule has 1 heterocycles. The molecule has 0 saturated heterocycles. The van der Waals surface area contributed by atoms with E-state index in [1.54, 1.807) is 0 Å². The molecule has 0 fully saturated rings. The number of nitrogens with two attached hydrogens (primary N) is 1. The number of nitrogens with one attached hydrogen (secondary N) is 1. The maximum atomic E-state index is 5.91. The molecule has 5 heteroatoms. The van der Waals surface area contributed by atoms with Gasteiger partial charge in [0.2, 0.25) is 0 Å². The number of aromatic nitrogens is 3. The summed E-state index contributed by atoms with van der Waals surface area (Å²) in [6.07, 6.45) is 0. The predicted molar refractivity (Wildman–Crippen MR) is 73.0 cm³/mol. The van der Waals surface area contributed by atoms with E-state index in [0.29, 0.717) is 17.4 Å². The van der Waals surface area contributed by atoms with Gasteiger partial charge in [0.15, 0.2) is 5.82 Å². The van der Waals surface area contributed by atoms with E-state index in [4.69, 9.17) is 5.73 Å². The molecule has 16 heavy (non-hydrogen) atoms. The number of benzene rings is 1. The number of rotatable bonds is 2. The Morgan fingerprint density at radius 2 is 2.12 bits per heavy atom. The highest BCUT2D eigenvalue weighted by Gasteiger charge is 2.11. The zero-order chi connectivity index (χ0) is 11.7. The lowest BCUT2D eigenvalue weighted by atomic mass is 10.1. The number of nitrogen functional groups attached to an aromatic ring is 1. The molecule has 0 aliphatic rings. The van der Waals surface area contributed by atoms with E-state index >= 15 is 0 Å². The molecule has 0 atom stereocenters. The van der Waals surface area contributed by atoms with Gasteiger partial charge in [-0.15, -0.1) is 0 Å². The summed E-state index contributed by atoms with van der Waals surface area (Å²) in [5, 5.41) is 7.12. The van der Waals surface area contributed by atoms with Crippen LogP contribution in [-0.4, -0.2) is 15.2 Å². The Morgan fingerprint density at radius 3 is 2.75 bits per heavy atom. The summed E-state index contributed by atoms with van der Waals surface area (Å²) in [7, 11) is 0. The average molecular weight is 328 g/mol. The fourth-order valence-electron chi connectivity index (χ4n) is 1.38. The molecule has 0 saturated carbocycles. The Balaban J connectivity index is 2.46. The van der Waals surface area contributed by atoms with E-state index in [-0.39, 0.29) is 0 Å². The van der Waals surface area contributed by atoms with Crippen molar-refractivity contribution in [1.82, 2.24) is 15.2 Å². The van der Waals surface area contributed by atoms with Crippen molar-refractivity contribution in [3.63, 3.8) is 0 Å². The molecule has 0 radical (unpaired) electrons. The Morgan fingerprint density at radius 1 is 1.38 bits per heavy atom. The highest BCUT2D eigenvalue weighted by atomic mass is 127. The van der Waals surface area contributed by atoms with Crippen LogP contribution in [0.2, 0.25) is 0 Å². The van der Waals surface area contributed by atoms with Gasteiger partial charge in [0.1, 0.15) is 5.82 Å². The third kappa shape index (κ3) is 2.18.